The number of rotatable bonds is 4. The molecule has 0 unspecified atom stereocenters. The number of hydrogen-bond acceptors (Lipinski definition) is 4. The van der Waals surface area contributed by atoms with E-state index in [0.29, 0.717) is 0 Å². The summed E-state index contributed by atoms with van der Waals surface area (Å²) in [6.07, 6.45) is 0. The van der Waals surface area contributed by atoms with Crippen LogP contribution in [0.15, 0.2) is 223 Å². The van der Waals surface area contributed by atoms with Crippen LogP contribution in [0.25, 0.3) is 44.5 Å². The zero-order valence-corrected chi connectivity index (χ0v) is 36.6. The first kappa shape index (κ1) is 36.5. The van der Waals surface area contributed by atoms with E-state index in [4.69, 9.17) is 4.74 Å². The summed E-state index contributed by atoms with van der Waals surface area (Å²) < 4.78 is 6.66. The molecule has 0 amide bonds. The molecule has 9 aromatic rings. The summed E-state index contributed by atoms with van der Waals surface area (Å²) in [5, 5.41) is 0. The van der Waals surface area contributed by atoms with Gasteiger partial charge in [-0.3, -0.25) is 0 Å². The number of hydrogen-bond donors (Lipinski definition) is 0. The fourth-order valence-corrected chi connectivity index (χ4v) is 13.9. The predicted molar refractivity (Wildman–Crippen MR) is 258 cm³/mol. The van der Waals surface area contributed by atoms with E-state index in [1.807, 2.05) is 23.5 Å². The van der Waals surface area contributed by atoms with Gasteiger partial charge in [0.25, 0.3) is 0 Å². The number of fused-ring (bicyclic) bond motifs is 12. The van der Waals surface area contributed by atoms with Crippen molar-refractivity contribution < 1.29 is 4.74 Å². The molecule has 2 heterocycles. The maximum absolute atomic E-state index is 6.66. The van der Waals surface area contributed by atoms with Crippen LogP contribution in [0, 0.1) is 0 Å². The molecule has 62 heavy (non-hydrogen) atoms. The van der Waals surface area contributed by atoms with Crippen molar-refractivity contribution >= 4 is 35.3 Å². The fourth-order valence-electron chi connectivity index (χ4n) is 10.6. The number of benzene rings is 9. The first-order chi connectivity index (χ1) is 30.5. The van der Waals surface area contributed by atoms with Crippen molar-refractivity contribution in [2.75, 3.05) is 0 Å². The number of ether oxygens (including phenoxy) is 1. The highest BCUT2D eigenvalue weighted by atomic mass is 32.2. The highest BCUT2D eigenvalue weighted by Gasteiger charge is 2.48. The van der Waals surface area contributed by atoms with Crippen molar-refractivity contribution in [1.82, 2.24) is 0 Å². The van der Waals surface area contributed by atoms with E-state index in [0.717, 1.165) is 16.4 Å². The molecule has 2 aliphatic carbocycles. The molecule has 0 aromatic heterocycles. The summed E-state index contributed by atoms with van der Waals surface area (Å²) in [6, 6.07) is 72.3. The Kier molecular flexibility index (Phi) is 8.04. The van der Waals surface area contributed by atoms with Gasteiger partial charge in [0.1, 0.15) is 11.5 Å². The molecule has 294 valence electrons. The molecular formula is C58H38OS3. The third-order valence-corrected chi connectivity index (χ3v) is 17.2. The van der Waals surface area contributed by atoms with Crippen LogP contribution in [0.4, 0.5) is 0 Å². The summed E-state index contributed by atoms with van der Waals surface area (Å²) in [4.78, 5) is 7.67. The Balaban J connectivity index is 0.914. The Labute approximate surface area is 375 Å². The van der Waals surface area contributed by atoms with Crippen LogP contribution in [0.2, 0.25) is 0 Å². The molecule has 1 nitrogen and oxygen atoms in total. The van der Waals surface area contributed by atoms with Gasteiger partial charge in [-0.15, -0.1) is 0 Å². The maximum atomic E-state index is 6.66. The molecular weight excluding hydrogens is 809 g/mol. The van der Waals surface area contributed by atoms with E-state index in [-0.39, 0.29) is 5.41 Å². The Morgan fingerprint density at radius 3 is 1.56 bits per heavy atom. The van der Waals surface area contributed by atoms with E-state index in [2.05, 4.69) is 208 Å². The van der Waals surface area contributed by atoms with Gasteiger partial charge < -0.3 is 4.74 Å². The quantitative estimate of drug-likeness (QED) is 0.174. The minimum Gasteiger partial charge on any atom is -0.454 e. The van der Waals surface area contributed by atoms with Crippen molar-refractivity contribution in [2.24, 2.45) is 0 Å². The molecule has 0 fully saturated rings. The van der Waals surface area contributed by atoms with Crippen molar-refractivity contribution in [3.63, 3.8) is 0 Å². The van der Waals surface area contributed by atoms with Gasteiger partial charge in [0.2, 0.25) is 0 Å². The van der Waals surface area contributed by atoms with Gasteiger partial charge in [0, 0.05) is 36.1 Å². The monoisotopic (exact) mass is 846 g/mol. The average molecular weight is 847 g/mol. The predicted octanol–water partition coefficient (Wildman–Crippen LogP) is 16.6. The highest BCUT2D eigenvalue weighted by molar-refractivity contribution is 8.05. The van der Waals surface area contributed by atoms with Crippen molar-refractivity contribution in [3.8, 4) is 56.0 Å². The largest absolute Gasteiger partial charge is 0.454 e. The van der Waals surface area contributed by atoms with Gasteiger partial charge in [0.05, 0.1) is 15.2 Å². The normalized spacial score (nSPS) is 15.1. The van der Waals surface area contributed by atoms with E-state index in [9.17, 15) is 0 Å². The zero-order valence-electron chi connectivity index (χ0n) is 34.1. The summed E-state index contributed by atoms with van der Waals surface area (Å²) >= 11 is 5.62. The SMILES string of the molecule is CC1(C)c2cc(-c3ccc(-c4ccc5c(c4)C(c4ccccc4)(c4ccccc4)c4ccc6c(c4-5)Sc4ccccc4S6)cc3)ccc2-c2c1ccc1c2Oc2ccccc2S1. The van der Waals surface area contributed by atoms with Crippen molar-refractivity contribution in [1.29, 1.82) is 0 Å². The minimum absolute atomic E-state index is 0.160. The molecule has 0 N–H and O–H groups in total. The molecule has 9 aromatic carbocycles. The first-order valence-electron chi connectivity index (χ1n) is 21.2. The first-order valence-corrected chi connectivity index (χ1v) is 23.7. The average Bonchev–Trinajstić information content (AvgIpc) is 3.76. The molecule has 0 radical (unpaired) electrons. The second-order valence-electron chi connectivity index (χ2n) is 17.1. The Morgan fingerprint density at radius 1 is 0.371 bits per heavy atom. The van der Waals surface area contributed by atoms with E-state index in [1.165, 1.54) is 102 Å². The topological polar surface area (TPSA) is 9.23 Å². The van der Waals surface area contributed by atoms with Crippen molar-refractivity contribution in [2.45, 2.75) is 54.1 Å². The van der Waals surface area contributed by atoms with Gasteiger partial charge in [-0.2, -0.15) is 0 Å². The summed E-state index contributed by atoms with van der Waals surface area (Å²) in [7, 11) is 0. The van der Waals surface area contributed by atoms with E-state index < -0.39 is 5.41 Å². The molecule has 0 bridgehead atoms. The molecule has 13 rings (SSSR count). The summed E-state index contributed by atoms with van der Waals surface area (Å²) in [5.41, 5.74) is 17.3. The number of para-hydroxylation sites is 1. The van der Waals surface area contributed by atoms with Gasteiger partial charge in [-0.1, -0.05) is 195 Å². The van der Waals surface area contributed by atoms with Gasteiger partial charge in [0.15, 0.2) is 0 Å². The fraction of sp³-hybridized carbons (Fsp3) is 0.0690. The minimum atomic E-state index is -0.485. The Hall–Kier alpha value is -6.17. The van der Waals surface area contributed by atoms with Crippen LogP contribution in [0.1, 0.15) is 47.2 Å². The lowest BCUT2D eigenvalue weighted by molar-refractivity contribution is 0.455. The zero-order chi connectivity index (χ0) is 41.2. The molecule has 2 aliphatic heterocycles. The van der Waals surface area contributed by atoms with E-state index in [1.54, 1.807) is 11.8 Å². The van der Waals surface area contributed by atoms with Gasteiger partial charge >= 0.3 is 0 Å². The van der Waals surface area contributed by atoms with Crippen molar-refractivity contribution in [3.05, 3.63) is 228 Å². The van der Waals surface area contributed by atoms with E-state index >= 15 is 0 Å². The van der Waals surface area contributed by atoms with Crippen LogP contribution in [-0.4, -0.2) is 0 Å². The van der Waals surface area contributed by atoms with Gasteiger partial charge in [-0.25, -0.2) is 0 Å². The molecule has 4 heteroatoms. The summed E-state index contributed by atoms with van der Waals surface area (Å²) in [6.45, 7) is 4.70. The highest BCUT2D eigenvalue weighted by Crippen LogP contribution is 2.63. The van der Waals surface area contributed by atoms with Crippen LogP contribution >= 0.6 is 35.3 Å². The van der Waals surface area contributed by atoms with Crippen LogP contribution in [-0.2, 0) is 10.8 Å². The van der Waals surface area contributed by atoms with Crippen LogP contribution < -0.4 is 4.74 Å². The molecule has 0 saturated heterocycles. The second kappa shape index (κ2) is 13.7. The third-order valence-electron chi connectivity index (χ3n) is 13.5. The molecule has 0 saturated carbocycles. The second-order valence-corrected chi connectivity index (χ2v) is 20.4. The van der Waals surface area contributed by atoms with Crippen LogP contribution in [0.5, 0.6) is 11.5 Å². The Bertz CT molecular complexity index is 3270. The lowest BCUT2D eigenvalue weighted by Gasteiger charge is -2.34. The third kappa shape index (κ3) is 5.21. The lowest BCUT2D eigenvalue weighted by atomic mass is 9.67. The molecule has 0 spiro atoms. The molecule has 0 atom stereocenters. The standard InChI is InChI=1S/C58H38OS3/c1-57(2)43-29-31-51-55(59-47-17-9-10-18-48(47)60-51)53(43)41-27-25-37(33-45(41)57)35-21-23-36(24-22-35)38-26-28-42-46(34-38)58(39-13-5-3-6-14-39,40-15-7-4-8-16-40)44-30-32-52-56(54(42)44)62-50-20-12-11-19-49(50)61-52/h3-34H,1-2H3. The Morgan fingerprint density at radius 2 is 0.887 bits per heavy atom. The summed E-state index contributed by atoms with van der Waals surface area (Å²) in [5.74, 6) is 1.92. The van der Waals surface area contributed by atoms with Gasteiger partial charge in [-0.05, 0) is 115 Å². The smallest absolute Gasteiger partial charge is 0.149 e. The van der Waals surface area contributed by atoms with Crippen LogP contribution in [0.3, 0.4) is 0 Å². The lowest BCUT2D eigenvalue weighted by Crippen LogP contribution is -2.28. The molecule has 4 aliphatic rings. The maximum Gasteiger partial charge on any atom is 0.149 e.